The van der Waals surface area contributed by atoms with Crippen LogP contribution in [-0.2, 0) is 21.6 Å². The van der Waals surface area contributed by atoms with Gasteiger partial charge in [-0.05, 0) is 53.6 Å². The Labute approximate surface area is 153 Å². The van der Waals surface area contributed by atoms with E-state index in [0.717, 1.165) is 36.5 Å². The molecule has 25 heavy (non-hydrogen) atoms. The minimum Gasteiger partial charge on any atom is -0.367 e. The monoisotopic (exact) mass is 358 g/mol. The number of aromatic nitrogens is 1. The van der Waals surface area contributed by atoms with Crippen molar-refractivity contribution in [2.45, 2.75) is 31.8 Å². The van der Waals surface area contributed by atoms with Crippen molar-refractivity contribution in [3.63, 3.8) is 0 Å². The number of piperidine rings is 1. The number of likely N-dealkylation sites (tertiary alicyclic amines) is 1. The van der Waals surface area contributed by atoms with Gasteiger partial charge in [-0.1, -0.05) is 30.7 Å². The number of hydrogen-bond acceptors (Lipinski definition) is 3. The largest absolute Gasteiger partial charge is 0.367 e. The first-order valence-electron chi connectivity index (χ1n) is 8.57. The number of nitrogens with zero attached hydrogens (tertiary/aromatic N) is 2. The van der Waals surface area contributed by atoms with Crippen LogP contribution in [-0.4, -0.2) is 35.5 Å². The van der Waals surface area contributed by atoms with Crippen LogP contribution in [0.3, 0.4) is 0 Å². The third kappa shape index (κ3) is 4.59. The molecule has 0 radical (unpaired) electrons. The van der Waals surface area contributed by atoms with Crippen molar-refractivity contribution in [1.82, 2.24) is 9.88 Å². The fourth-order valence-corrected chi connectivity index (χ4v) is 3.34. The lowest BCUT2D eigenvalue weighted by Crippen LogP contribution is -2.45. The van der Waals surface area contributed by atoms with Crippen molar-refractivity contribution < 1.29 is 9.53 Å². The number of halogens is 1. The molecule has 0 saturated carbocycles. The second kappa shape index (κ2) is 7.98. The van der Waals surface area contributed by atoms with Gasteiger partial charge in [0.05, 0.1) is 6.61 Å². The lowest BCUT2D eigenvalue weighted by molar-refractivity contribution is -0.138. The Morgan fingerprint density at radius 2 is 1.80 bits per heavy atom. The first-order valence-corrected chi connectivity index (χ1v) is 8.95. The summed E-state index contributed by atoms with van der Waals surface area (Å²) < 4.78 is 5.55. The summed E-state index contributed by atoms with van der Waals surface area (Å²) in [6, 6.07) is 11.8. The molecule has 1 aromatic carbocycles. The van der Waals surface area contributed by atoms with E-state index in [1.807, 2.05) is 29.2 Å². The fraction of sp³-hybridized carbons (Fsp3) is 0.400. The molecule has 1 amide bonds. The van der Waals surface area contributed by atoms with Gasteiger partial charge in [0.2, 0.25) is 5.91 Å². The number of benzene rings is 1. The molecule has 0 N–H and O–H groups in total. The maximum atomic E-state index is 12.4. The average Bonchev–Trinajstić information content (AvgIpc) is 2.63. The smallest absolute Gasteiger partial charge is 0.248 e. The first kappa shape index (κ1) is 17.9. The molecular weight excluding hydrogens is 336 g/mol. The number of pyridine rings is 1. The second-order valence-electron chi connectivity index (χ2n) is 6.80. The van der Waals surface area contributed by atoms with Crippen LogP contribution in [0.25, 0.3) is 0 Å². The molecule has 0 bridgehead atoms. The van der Waals surface area contributed by atoms with Crippen molar-refractivity contribution in [3.8, 4) is 0 Å². The molecule has 3 rings (SSSR count). The fourth-order valence-electron chi connectivity index (χ4n) is 3.22. The zero-order valence-electron chi connectivity index (χ0n) is 14.5. The molecule has 2 aromatic rings. The highest BCUT2D eigenvalue weighted by Crippen LogP contribution is 2.35. The molecule has 0 unspecified atom stereocenters. The summed E-state index contributed by atoms with van der Waals surface area (Å²) in [5.74, 6) is 0.0622. The van der Waals surface area contributed by atoms with Gasteiger partial charge in [0, 0.05) is 30.5 Å². The van der Waals surface area contributed by atoms with Crippen LogP contribution >= 0.6 is 11.6 Å². The van der Waals surface area contributed by atoms with E-state index < -0.39 is 0 Å². The molecule has 1 fully saturated rings. The molecule has 2 heterocycles. The molecule has 1 saturated heterocycles. The Hall–Kier alpha value is -1.91. The van der Waals surface area contributed by atoms with Crippen molar-refractivity contribution in [1.29, 1.82) is 0 Å². The zero-order valence-corrected chi connectivity index (χ0v) is 15.2. The summed E-state index contributed by atoms with van der Waals surface area (Å²) in [5.41, 5.74) is 2.41. The molecule has 4 nitrogen and oxygen atoms in total. The molecule has 1 aromatic heterocycles. The number of rotatable bonds is 5. The number of amides is 1. The van der Waals surface area contributed by atoms with Crippen LogP contribution in [0.1, 0.15) is 30.9 Å². The quantitative estimate of drug-likeness (QED) is 0.815. The standard InChI is InChI=1S/C20H23ClN2O2/c1-20(17-2-4-18(21)5-3-17)8-12-23(13-9-20)19(24)15-25-14-16-6-10-22-11-7-16/h2-7,10-11H,8-9,12-15H2,1H3. The van der Waals surface area contributed by atoms with Crippen LogP contribution < -0.4 is 0 Å². The number of hydrogen-bond donors (Lipinski definition) is 0. The normalized spacial score (nSPS) is 16.6. The molecule has 0 aliphatic carbocycles. The first-order chi connectivity index (χ1) is 12.1. The highest BCUT2D eigenvalue weighted by molar-refractivity contribution is 6.30. The summed E-state index contributed by atoms with van der Waals surface area (Å²) in [5, 5.41) is 0.756. The minimum atomic E-state index is 0.0622. The highest BCUT2D eigenvalue weighted by atomic mass is 35.5. The number of carbonyl (C=O) groups is 1. The Bertz CT molecular complexity index is 695. The van der Waals surface area contributed by atoms with E-state index in [1.54, 1.807) is 12.4 Å². The van der Waals surface area contributed by atoms with Gasteiger partial charge in [-0.15, -0.1) is 0 Å². The Kier molecular flexibility index (Phi) is 5.71. The summed E-state index contributed by atoms with van der Waals surface area (Å²) in [6.07, 6.45) is 5.35. The summed E-state index contributed by atoms with van der Waals surface area (Å²) in [7, 11) is 0. The lowest BCUT2D eigenvalue weighted by atomic mass is 9.74. The molecule has 1 aliphatic heterocycles. The van der Waals surface area contributed by atoms with E-state index in [2.05, 4.69) is 24.0 Å². The minimum absolute atomic E-state index is 0.0622. The lowest BCUT2D eigenvalue weighted by Gasteiger charge is -2.40. The van der Waals surface area contributed by atoms with Crippen molar-refractivity contribution in [2.75, 3.05) is 19.7 Å². The van der Waals surface area contributed by atoms with Crippen LogP contribution in [0.2, 0.25) is 5.02 Å². The summed E-state index contributed by atoms with van der Waals surface area (Å²) >= 11 is 5.98. The van der Waals surface area contributed by atoms with E-state index in [0.29, 0.717) is 6.61 Å². The van der Waals surface area contributed by atoms with E-state index in [1.165, 1.54) is 5.56 Å². The third-order valence-electron chi connectivity index (χ3n) is 5.00. The van der Waals surface area contributed by atoms with Gasteiger partial charge in [0.25, 0.3) is 0 Å². The number of ether oxygens (including phenoxy) is 1. The van der Waals surface area contributed by atoms with Gasteiger partial charge >= 0.3 is 0 Å². The third-order valence-corrected chi connectivity index (χ3v) is 5.26. The van der Waals surface area contributed by atoms with Crippen LogP contribution in [0.15, 0.2) is 48.8 Å². The molecule has 0 atom stereocenters. The van der Waals surface area contributed by atoms with Crippen LogP contribution in [0.4, 0.5) is 0 Å². The van der Waals surface area contributed by atoms with Gasteiger partial charge in [-0.3, -0.25) is 9.78 Å². The summed E-state index contributed by atoms with van der Waals surface area (Å²) in [6.45, 7) is 4.34. The molecular formula is C20H23ClN2O2. The maximum absolute atomic E-state index is 12.4. The van der Waals surface area contributed by atoms with Crippen LogP contribution in [0, 0.1) is 0 Å². The maximum Gasteiger partial charge on any atom is 0.248 e. The summed E-state index contributed by atoms with van der Waals surface area (Å²) in [4.78, 5) is 18.2. The van der Waals surface area contributed by atoms with E-state index in [-0.39, 0.29) is 17.9 Å². The number of carbonyl (C=O) groups excluding carboxylic acids is 1. The van der Waals surface area contributed by atoms with Gasteiger partial charge in [0.15, 0.2) is 0 Å². The predicted molar refractivity (Wildman–Crippen MR) is 98.5 cm³/mol. The van der Waals surface area contributed by atoms with Crippen LogP contribution in [0.5, 0.6) is 0 Å². The van der Waals surface area contributed by atoms with Gasteiger partial charge < -0.3 is 9.64 Å². The Morgan fingerprint density at radius 1 is 1.16 bits per heavy atom. The Balaban J connectivity index is 1.48. The van der Waals surface area contributed by atoms with Gasteiger partial charge in [0.1, 0.15) is 6.61 Å². The van der Waals surface area contributed by atoms with E-state index in [9.17, 15) is 4.79 Å². The van der Waals surface area contributed by atoms with Gasteiger partial charge in [-0.25, -0.2) is 0 Å². The van der Waals surface area contributed by atoms with Crippen molar-refractivity contribution in [2.24, 2.45) is 0 Å². The van der Waals surface area contributed by atoms with Crippen molar-refractivity contribution >= 4 is 17.5 Å². The SMILES string of the molecule is CC1(c2ccc(Cl)cc2)CCN(C(=O)COCc2ccncc2)CC1. The predicted octanol–water partition coefficient (Wildman–Crippen LogP) is 3.83. The highest BCUT2D eigenvalue weighted by Gasteiger charge is 2.33. The Morgan fingerprint density at radius 3 is 2.44 bits per heavy atom. The molecule has 0 spiro atoms. The average molecular weight is 359 g/mol. The molecule has 132 valence electrons. The zero-order chi connectivity index (χ0) is 17.7. The second-order valence-corrected chi connectivity index (χ2v) is 7.23. The van der Waals surface area contributed by atoms with E-state index >= 15 is 0 Å². The molecule has 5 heteroatoms. The topological polar surface area (TPSA) is 42.4 Å². The molecule has 1 aliphatic rings. The van der Waals surface area contributed by atoms with Crippen molar-refractivity contribution in [3.05, 3.63) is 64.9 Å². The van der Waals surface area contributed by atoms with Gasteiger partial charge in [-0.2, -0.15) is 0 Å². The van der Waals surface area contributed by atoms with E-state index in [4.69, 9.17) is 16.3 Å².